The average molecular weight is 367 g/mol. The maximum absolute atomic E-state index is 5.49. The van der Waals surface area contributed by atoms with Gasteiger partial charge in [0.1, 0.15) is 0 Å². The first-order chi connectivity index (χ1) is 10.1. The number of hydrogen-bond donors (Lipinski definition) is 0. The lowest BCUT2D eigenvalue weighted by Crippen LogP contribution is -2.54. The largest absolute Gasteiger partial charge is 0.536 e. The summed E-state index contributed by atoms with van der Waals surface area (Å²) in [5.74, 6) is 0. The highest BCUT2D eigenvalue weighted by molar-refractivity contribution is 9.10. The third kappa shape index (κ3) is 3.27. The van der Waals surface area contributed by atoms with Crippen LogP contribution in [0, 0.1) is 6.92 Å². The van der Waals surface area contributed by atoms with Crippen LogP contribution in [-0.4, -0.2) is 30.1 Å². The van der Waals surface area contributed by atoms with E-state index in [2.05, 4.69) is 53.2 Å². The standard InChI is InChI=1S/C16H19BrO3Si/c1-12-11-14(7-10-16(12)17)13-5-8-15(9-6-13)21(18-2,19-3)20-4/h5-11H,1-4H3. The Morgan fingerprint density at radius 3 is 1.81 bits per heavy atom. The molecule has 0 radical (unpaired) electrons. The summed E-state index contributed by atoms with van der Waals surface area (Å²) in [4.78, 5) is 0. The van der Waals surface area contributed by atoms with Gasteiger partial charge in [-0.05, 0) is 29.7 Å². The molecule has 0 amide bonds. The van der Waals surface area contributed by atoms with Crippen molar-refractivity contribution in [3.8, 4) is 11.1 Å². The van der Waals surface area contributed by atoms with Crippen molar-refractivity contribution >= 4 is 29.9 Å². The molecule has 0 unspecified atom stereocenters. The number of rotatable bonds is 5. The van der Waals surface area contributed by atoms with E-state index in [-0.39, 0.29) is 0 Å². The summed E-state index contributed by atoms with van der Waals surface area (Å²) >= 11 is 3.52. The Labute approximate surface area is 135 Å². The van der Waals surface area contributed by atoms with Crippen LogP contribution in [0.25, 0.3) is 11.1 Å². The second-order valence-corrected chi connectivity index (χ2v) is 8.48. The van der Waals surface area contributed by atoms with Crippen molar-refractivity contribution in [3.05, 3.63) is 52.5 Å². The van der Waals surface area contributed by atoms with Crippen LogP contribution in [0.4, 0.5) is 0 Å². The normalized spacial score (nSPS) is 11.7. The van der Waals surface area contributed by atoms with E-state index in [1.807, 2.05) is 12.1 Å². The summed E-state index contributed by atoms with van der Waals surface area (Å²) in [6, 6.07) is 14.5. The van der Waals surface area contributed by atoms with Gasteiger partial charge in [0.2, 0.25) is 0 Å². The molecule has 0 aliphatic heterocycles. The molecule has 0 saturated heterocycles. The molecule has 21 heavy (non-hydrogen) atoms. The molecule has 5 heteroatoms. The fourth-order valence-corrected chi connectivity index (χ4v) is 4.32. The van der Waals surface area contributed by atoms with Gasteiger partial charge in [0, 0.05) is 31.0 Å². The predicted octanol–water partition coefficient (Wildman–Crippen LogP) is 3.51. The molecular weight excluding hydrogens is 348 g/mol. The molecule has 112 valence electrons. The first-order valence-corrected chi connectivity index (χ1v) is 9.10. The maximum atomic E-state index is 5.49. The van der Waals surface area contributed by atoms with E-state index in [1.54, 1.807) is 21.3 Å². The van der Waals surface area contributed by atoms with Gasteiger partial charge >= 0.3 is 8.80 Å². The van der Waals surface area contributed by atoms with Gasteiger partial charge < -0.3 is 13.3 Å². The first-order valence-electron chi connectivity index (χ1n) is 6.59. The van der Waals surface area contributed by atoms with Crippen molar-refractivity contribution in [1.29, 1.82) is 0 Å². The second kappa shape index (κ2) is 6.85. The monoisotopic (exact) mass is 366 g/mol. The number of aryl methyl sites for hydroxylation is 1. The zero-order valence-electron chi connectivity index (χ0n) is 12.6. The number of benzene rings is 2. The highest BCUT2D eigenvalue weighted by Gasteiger charge is 2.40. The molecule has 2 rings (SSSR count). The van der Waals surface area contributed by atoms with E-state index >= 15 is 0 Å². The molecule has 2 aromatic carbocycles. The predicted molar refractivity (Wildman–Crippen MR) is 90.7 cm³/mol. The number of hydrogen-bond acceptors (Lipinski definition) is 3. The van der Waals surface area contributed by atoms with E-state index in [9.17, 15) is 0 Å². The molecule has 0 N–H and O–H groups in total. The molecule has 0 heterocycles. The Morgan fingerprint density at radius 2 is 1.33 bits per heavy atom. The topological polar surface area (TPSA) is 27.7 Å². The van der Waals surface area contributed by atoms with Crippen LogP contribution in [0.15, 0.2) is 46.9 Å². The third-order valence-electron chi connectivity index (χ3n) is 3.54. The zero-order valence-corrected chi connectivity index (χ0v) is 15.2. The third-order valence-corrected chi connectivity index (χ3v) is 7.08. The molecule has 0 aliphatic rings. The van der Waals surface area contributed by atoms with E-state index < -0.39 is 8.80 Å². The Hall–Kier alpha value is -0.983. The minimum atomic E-state index is -2.74. The molecule has 3 nitrogen and oxygen atoms in total. The van der Waals surface area contributed by atoms with Crippen LogP contribution in [0.5, 0.6) is 0 Å². The lowest BCUT2D eigenvalue weighted by atomic mass is 10.0. The highest BCUT2D eigenvalue weighted by Crippen LogP contribution is 2.24. The Balaban J connectivity index is 2.36. The Morgan fingerprint density at radius 1 is 0.810 bits per heavy atom. The maximum Gasteiger partial charge on any atom is 0.536 e. The van der Waals surface area contributed by atoms with Crippen LogP contribution in [0.3, 0.4) is 0 Å². The van der Waals surface area contributed by atoms with Crippen molar-refractivity contribution in [2.24, 2.45) is 0 Å². The van der Waals surface area contributed by atoms with Gasteiger partial charge in [0.25, 0.3) is 0 Å². The van der Waals surface area contributed by atoms with E-state index in [0.717, 1.165) is 15.2 Å². The smallest absolute Gasteiger partial charge is 0.373 e. The van der Waals surface area contributed by atoms with Crippen molar-refractivity contribution in [3.63, 3.8) is 0 Å². The molecule has 0 saturated carbocycles. The SMILES string of the molecule is CO[Si](OC)(OC)c1ccc(-c2ccc(Br)c(C)c2)cc1. The summed E-state index contributed by atoms with van der Waals surface area (Å²) < 4.78 is 17.6. The van der Waals surface area contributed by atoms with Crippen LogP contribution < -0.4 is 5.19 Å². The van der Waals surface area contributed by atoms with E-state index in [0.29, 0.717) is 0 Å². The van der Waals surface area contributed by atoms with Gasteiger partial charge in [-0.1, -0.05) is 52.3 Å². The van der Waals surface area contributed by atoms with Gasteiger partial charge in [-0.2, -0.15) is 0 Å². The minimum absolute atomic E-state index is 0.951. The second-order valence-electron chi connectivity index (χ2n) is 4.71. The zero-order chi connectivity index (χ0) is 15.5. The van der Waals surface area contributed by atoms with E-state index in [1.165, 1.54) is 11.1 Å². The van der Waals surface area contributed by atoms with Crippen LogP contribution in [0.1, 0.15) is 5.56 Å². The van der Waals surface area contributed by atoms with Crippen molar-refractivity contribution in [2.45, 2.75) is 6.92 Å². The highest BCUT2D eigenvalue weighted by atomic mass is 79.9. The molecule has 2 aromatic rings. The molecule has 0 spiro atoms. The van der Waals surface area contributed by atoms with Crippen LogP contribution in [0.2, 0.25) is 0 Å². The van der Waals surface area contributed by atoms with Gasteiger partial charge in [0.05, 0.1) is 0 Å². The molecule has 0 atom stereocenters. The van der Waals surface area contributed by atoms with Crippen molar-refractivity contribution in [2.75, 3.05) is 21.3 Å². The quantitative estimate of drug-likeness (QED) is 0.757. The van der Waals surface area contributed by atoms with E-state index in [4.69, 9.17) is 13.3 Å². The Bertz CT molecular complexity index is 601. The van der Waals surface area contributed by atoms with Crippen LogP contribution >= 0.6 is 15.9 Å². The molecule has 0 aliphatic carbocycles. The van der Waals surface area contributed by atoms with Crippen LogP contribution in [-0.2, 0) is 13.3 Å². The minimum Gasteiger partial charge on any atom is -0.373 e. The number of halogens is 1. The lowest BCUT2D eigenvalue weighted by molar-refractivity contribution is 0.140. The summed E-state index contributed by atoms with van der Waals surface area (Å²) in [6.45, 7) is 2.08. The average Bonchev–Trinajstić information content (AvgIpc) is 2.53. The summed E-state index contributed by atoms with van der Waals surface area (Å²) in [7, 11) is 2.10. The molecule has 0 aromatic heterocycles. The van der Waals surface area contributed by atoms with Crippen molar-refractivity contribution < 1.29 is 13.3 Å². The van der Waals surface area contributed by atoms with Gasteiger partial charge in [-0.15, -0.1) is 0 Å². The van der Waals surface area contributed by atoms with Gasteiger partial charge in [0.15, 0.2) is 0 Å². The fourth-order valence-electron chi connectivity index (χ4n) is 2.29. The molecule has 0 bridgehead atoms. The van der Waals surface area contributed by atoms with Gasteiger partial charge in [-0.25, -0.2) is 0 Å². The molecular formula is C16H19BrO3Si. The summed E-state index contributed by atoms with van der Waals surface area (Å²) in [5, 5.41) is 0.951. The summed E-state index contributed by atoms with van der Waals surface area (Å²) in [5.41, 5.74) is 3.55. The molecule has 0 fully saturated rings. The fraction of sp³-hybridized carbons (Fsp3) is 0.250. The first kappa shape index (κ1) is 16.4. The van der Waals surface area contributed by atoms with Gasteiger partial charge in [-0.3, -0.25) is 0 Å². The van der Waals surface area contributed by atoms with Crippen molar-refractivity contribution in [1.82, 2.24) is 0 Å². The lowest BCUT2D eigenvalue weighted by Gasteiger charge is -2.24. The Kier molecular flexibility index (Phi) is 5.35. The summed E-state index contributed by atoms with van der Waals surface area (Å²) in [6.07, 6.45) is 0.